The molecule has 0 spiro atoms. The highest BCUT2D eigenvalue weighted by molar-refractivity contribution is 7.71. The van der Waals surface area contributed by atoms with E-state index in [0.29, 0.717) is 26.7 Å². The molecule has 3 rings (SSSR count). The maximum atomic E-state index is 9.79. The van der Waals surface area contributed by atoms with Gasteiger partial charge in [0.2, 0.25) is 4.77 Å². The lowest BCUT2D eigenvalue weighted by atomic mass is 10.2. The van der Waals surface area contributed by atoms with Gasteiger partial charge < -0.3 is 9.84 Å². The van der Waals surface area contributed by atoms with Gasteiger partial charge in [0.05, 0.1) is 23.4 Å². The number of benzene rings is 2. The molecule has 1 aromatic heterocycles. The molecule has 0 aliphatic carbocycles. The van der Waals surface area contributed by atoms with Crippen LogP contribution in [0.2, 0.25) is 10.0 Å². The predicted molar refractivity (Wildman–Crippen MR) is 101 cm³/mol. The standard InChI is InChI=1S/C16H12Cl2N4O2S/c1-24-13-7-9(6-12(18)14(13)23)8-19-22-15(20-21-16(22)25)10-4-2-3-5-11(10)17/h2-8,23H,1H3,(H,21,25)/b19-8+. The van der Waals surface area contributed by atoms with Crippen molar-refractivity contribution in [3.63, 3.8) is 0 Å². The van der Waals surface area contributed by atoms with Crippen LogP contribution < -0.4 is 4.74 Å². The first kappa shape index (κ1) is 17.5. The van der Waals surface area contributed by atoms with Crippen molar-refractivity contribution in [1.29, 1.82) is 0 Å². The zero-order valence-electron chi connectivity index (χ0n) is 12.9. The molecule has 3 aromatic rings. The maximum absolute atomic E-state index is 9.79. The van der Waals surface area contributed by atoms with Crippen LogP contribution in [0.1, 0.15) is 5.56 Å². The van der Waals surface area contributed by atoms with Crippen LogP contribution in [-0.2, 0) is 0 Å². The molecule has 25 heavy (non-hydrogen) atoms. The van der Waals surface area contributed by atoms with Gasteiger partial charge in [-0.05, 0) is 42.0 Å². The quantitative estimate of drug-likeness (QED) is 0.504. The summed E-state index contributed by atoms with van der Waals surface area (Å²) >= 11 is 17.4. The first-order chi connectivity index (χ1) is 12.0. The number of aromatic amines is 1. The van der Waals surface area contributed by atoms with Gasteiger partial charge in [-0.3, -0.25) is 0 Å². The number of nitrogens with one attached hydrogen (secondary N) is 1. The van der Waals surface area contributed by atoms with Crippen molar-refractivity contribution in [2.75, 3.05) is 7.11 Å². The van der Waals surface area contributed by atoms with Crippen LogP contribution in [0.3, 0.4) is 0 Å². The van der Waals surface area contributed by atoms with E-state index in [-0.39, 0.29) is 16.5 Å². The molecule has 2 aromatic carbocycles. The molecule has 0 saturated carbocycles. The van der Waals surface area contributed by atoms with Gasteiger partial charge in [0.15, 0.2) is 17.3 Å². The zero-order valence-corrected chi connectivity index (χ0v) is 15.2. The van der Waals surface area contributed by atoms with Crippen molar-refractivity contribution in [3.05, 3.63) is 56.8 Å². The number of hydrogen-bond acceptors (Lipinski definition) is 5. The maximum Gasteiger partial charge on any atom is 0.216 e. The fraction of sp³-hybridized carbons (Fsp3) is 0.0625. The van der Waals surface area contributed by atoms with Gasteiger partial charge in [0, 0.05) is 5.56 Å². The summed E-state index contributed by atoms with van der Waals surface area (Å²) in [7, 11) is 1.44. The average Bonchev–Trinajstić information content (AvgIpc) is 2.96. The van der Waals surface area contributed by atoms with Crippen molar-refractivity contribution in [3.8, 4) is 22.9 Å². The lowest BCUT2D eigenvalue weighted by Crippen LogP contribution is -1.96. The summed E-state index contributed by atoms with van der Waals surface area (Å²) in [6.45, 7) is 0. The number of nitrogens with zero attached hydrogens (tertiary/aromatic N) is 3. The Morgan fingerprint density at radius 2 is 2.04 bits per heavy atom. The van der Waals surface area contributed by atoms with E-state index < -0.39 is 0 Å². The summed E-state index contributed by atoms with van der Waals surface area (Å²) < 4.78 is 6.83. The van der Waals surface area contributed by atoms with Crippen LogP contribution in [0.25, 0.3) is 11.4 Å². The molecule has 0 aliphatic heterocycles. The normalized spacial score (nSPS) is 11.2. The number of aromatic hydroxyl groups is 1. The first-order valence-electron chi connectivity index (χ1n) is 7.04. The highest BCUT2D eigenvalue weighted by Gasteiger charge is 2.12. The largest absolute Gasteiger partial charge is 0.503 e. The van der Waals surface area contributed by atoms with E-state index in [4.69, 9.17) is 40.2 Å². The van der Waals surface area contributed by atoms with E-state index in [2.05, 4.69) is 15.3 Å². The number of phenolic OH excluding ortho intramolecular Hbond substituents is 1. The molecular formula is C16H12Cl2N4O2S. The molecule has 0 unspecified atom stereocenters. The molecule has 9 heteroatoms. The predicted octanol–water partition coefficient (Wildman–Crippen LogP) is 4.51. The first-order valence-corrected chi connectivity index (χ1v) is 8.21. The minimum atomic E-state index is -0.127. The third-order valence-corrected chi connectivity index (χ3v) is 4.24. The Balaban J connectivity index is 2.04. The van der Waals surface area contributed by atoms with Gasteiger partial charge in [-0.15, -0.1) is 0 Å². The van der Waals surface area contributed by atoms with Crippen LogP contribution in [0.15, 0.2) is 41.5 Å². The Bertz CT molecular complexity index is 1010. The van der Waals surface area contributed by atoms with Gasteiger partial charge in [-0.25, -0.2) is 5.10 Å². The lowest BCUT2D eigenvalue weighted by Gasteiger charge is -2.06. The highest BCUT2D eigenvalue weighted by atomic mass is 35.5. The Morgan fingerprint density at radius 1 is 1.28 bits per heavy atom. The molecule has 0 radical (unpaired) electrons. The van der Waals surface area contributed by atoms with E-state index in [9.17, 15) is 5.11 Å². The Kier molecular flexibility index (Phi) is 5.08. The van der Waals surface area contributed by atoms with Crippen LogP contribution in [0.5, 0.6) is 11.5 Å². The number of phenols is 1. The van der Waals surface area contributed by atoms with Gasteiger partial charge in [-0.1, -0.05) is 35.3 Å². The topological polar surface area (TPSA) is 75.4 Å². The van der Waals surface area contributed by atoms with Crippen molar-refractivity contribution in [2.24, 2.45) is 5.10 Å². The van der Waals surface area contributed by atoms with E-state index in [0.717, 1.165) is 0 Å². The number of rotatable bonds is 4. The van der Waals surface area contributed by atoms with Crippen molar-refractivity contribution in [1.82, 2.24) is 14.9 Å². The minimum Gasteiger partial charge on any atom is -0.503 e. The van der Waals surface area contributed by atoms with Gasteiger partial charge in [0.1, 0.15) is 0 Å². The molecule has 0 amide bonds. The third-order valence-electron chi connectivity index (χ3n) is 3.36. The Labute approximate surface area is 158 Å². The second kappa shape index (κ2) is 7.26. The molecule has 0 atom stereocenters. The number of H-pyrrole nitrogens is 1. The molecule has 0 bridgehead atoms. The molecule has 0 aliphatic rings. The Morgan fingerprint density at radius 3 is 2.76 bits per heavy atom. The van der Waals surface area contributed by atoms with Gasteiger partial charge in [0.25, 0.3) is 0 Å². The average molecular weight is 395 g/mol. The fourth-order valence-electron chi connectivity index (χ4n) is 2.16. The number of hydrogen-bond donors (Lipinski definition) is 2. The summed E-state index contributed by atoms with van der Waals surface area (Å²) in [6, 6.07) is 10.4. The van der Waals surface area contributed by atoms with Crippen LogP contribution in [-0.4, -0.2) is 33.3 Å². The summed E-state index contributed by atoms with van der Waals surface area (Å²) in [5.41, 5.74) is 1.31. The molecule has 128 valence electrons. The molecule has 0 saturated heterocycles. The van der Waals surface area contributed by atoms with E-state index in [1.165, 1.54) is 18.0 Å². The summed E-state index contributed by atoms with van der Waals surface area (Å²) in [4.78, 5) is 0. The second-order valence-electron chi connectivity index (χ2n) is 4.94. The number of halogens is 2. The molecule has 2 N–H and O–H groups in total. The molecular weight excluding hydrogens is 383 g/mol. The minimum absolute atomic E-state index is 0.127. The summed E-state index contributed by atoms with van der Waals surface area (Å²) in [6.07, 6.45) is 1.53. The summed E-state index contributed by atoms with van der Waals surface area (Å²) in [5, 5.41) is 21.7. The van der Waals surface area contributed by atoms with Crippen LogP contribution in [0, 0.1) is 4.77 Å². The Hall–Kier alpha value is -2.35. The smallest absolute Gasteiger partial charge is 0.216 e. The van der Waals surface area contributed by atoms with Crippen molar-refractivity contribution in [2.45, 2.75) is 0 Å². The van der Waals surface area contributed by atoms with Crippen LogP contribution >= 0.6 is 35.4 Å². The lowest BCUT2D eigenvalue weighted by molar-refractivity contribution is 0.373. The van der Waals surface area contributed by atoms with Gasteiger partial charge in [-0.2, -0.15) is 14.9 Å². The van der Waals surface area contributed by atoms with Crippen molar-refractivity contribution >= 4 is 41.6 Å². The monoisotopic (exact) mass is 394 g/mol. The molecule has 6 nitrogen and oxygen atoms in total. The van der Waals surface area contributed by atoms with E-state index >= 15 is 0 Å². The number of aromatic nitrogens is 3. The molecule has 1 heterocycles. The molecule has 0 fully saturated rings. The van der Waals surface area contributed by atoms with Gasteiger partial charge >= 0.3 is 0 Å². The number of methoxy groups -OCH3 is 1. The number of ether oxygens (including phenoxy) is 1. The van der Waals surface area contributed by atoms with E-state index in [1.807, 2.05) is 18.2 Å². The fourth-order valence-corrected chi connectivity index (χ4v) is 2.78. The van der Waals surface area contributed by atoms with Crippen LogP contribution in [0.4, 0.5) is 0 Å². The van der Waals surface area contributed by atoms with E-state index in [1.54, 1.807) is 18.2 Å². The third kappa shape index (κ3) is 3.53. The highest BCUT2D eigenvalue weighted by Crippen LogP contribution is 2.34. The van der Waals surface area contributed by atoms with Crippen molar-refractivity contribution < 1.29 is 9.84 Å². The second-order valence-corrected chi connectivity index (χ2v) is 6.14. The zero-order chi connectivity index (χ0) is 18.0. The SMILES string of the molecule is COc1cc(/C=N/n2c(-c3ccccc3Cl)n[nH]c2=S)cc(Cl)c1O. The summed E-state index contributed by atoms with van der Waals surface area (Å²) in [5.74, 6) is 0.595.